The molecule has 4 rings (SSSR count). The molecule has 0 spiro atoms. The number of hydrogen-bond acceptors (Lipinski definition) is 4. The second-order valence-corrected chi connectivity index (χ2v) is 9.42. The summed E-state index contributed by atoms with van der Waals surface area (Å²) in [6, 6.07) is 13.6. The molecule has 0 bridgehead atoms. The Morgan fingerprint density at radius 1 is 1.03 bits per heavy atom. The van der Waals surface area contributed by atoms with Crippen LogP contribution in [0.3, 0.4) is 0 Å². The molecule has 164 valence electrons. The van der Waals surface area contributed by atoms with Crippen molar-refractivity contribution in [2.75, 3.05) is 31.1 Å². The summed E-state index contributed by atoms with van der Waals surface area (Å²) in [4.78, 5) is 31.0. The number of anilines is 1. The first-order valence-corrected chi connectivity index (χ1v) is 11.0. The van der Waals surface area contributed by atoms with Crippen molar-refractivity contribution >= 4 is 29.3 Å². The van der Waals surface area contributed by atoms with Crippen LogP contribution in [0.25, 0.3) is 0 Å². The number of ether oxygens (including phenoxy) is 1. The molecule has 2 heterocycles. The summed E-state index contributed by atoms with van der Waals surface area (Å²) in [5, 5.41) is 0.649. The van der Waals surface area contributed by atoms with Crippen LogP contribution in [0.1, 0.15) is 42.3 Å². The Kier molecular flexibility index (Phi) is 5.84. The van der Waals surface area contributed by atoms with Crippen LogP contribution >= 0.6 is 11.6 Å². The monoisotopic (exact) mass is 441 g/mol. The summed E-state index contributed by atoms with van der Waals surface area (Å²) in [5.41, 5.74) is 3.26. The number of halogens is 1. The minimum atomic E-state index is -0.506. The van der Waals surface area contributed by atoms with E-state index in [1.54, 1.807) is 4.90 Å². The lowest BCUT2D eigenvalue weighted by molar-refractivity contribution is 0.0240. The fourth-order valence-electron chi connectivity index (χ4n) is 4.09. The zero-order valence-corrected chi connectivity index (χ0v) is 19.0. The van der Waals surface area contributed by atoms with Crippen LogP contribution in [0.2, 0.25) is 5.02 Å². The smallest absolute Gasteiger partial charge is 0.410 e. The van der Waals surface area contributed by atoms with Gasteiger partial charge < -0.3 is 19.4 Å². The van der Waals surface area contributed by atoms with Gasteiger partial charge >= 0.3 is 6.09 Å². The Morgan fingerprint density at radius 3 is 2.42 bits per heavy atom. The highest BCUT2D eigenvalue weighted by molar-refractivity contribution is 6.31. The van der Waals surface area contributed by atoms with E-state index in [0.717, 1.165) is 22.4 Å². The molecule has 0 aliphatic carbocycles. The quantitative estimate of drug-likeness (QED) is 0.701. The summed E-state index contributed by atoms with van der Waals surface area (Å²) in [5.74, 6) is 0.0382. The van der Waals surface area contributed by atoms with Gasteiger partial charge in [0.15, 0.2) is 0 Å². The van der Waals surface area contributed by atoms with E-state index in [-0.39, 0.29) is 12.0 Å². The second kappa shape index (κ2) is 8.42. The summed E-state index contributed by atoms with van der Waals surface area (Å²) in [6.07, 6.45) is -0.279. The first-order valence-electron chi connectivity index (χ1n) is 10.6. The lowest BCUT2D eigenvalue weighted by Gasteiger charge is -2.38. The number of fused-ring (bicyclic) bond motifs is 1. The highest BCUT2D eigenvalue weighted by Gasteiger charge is 2.30. The molecule has 31 heavy (non-hydrogen) atoms. The Balaban J connectivity index is 1.47. The van der Waals surface area contributed by atoms with Gasteiger partial charge in [-0.2, -0.15) is 0 Å². The number of amides is 2. The SMILES string of the molecule is CC(C)(C)OC(=O)N1CCN(c2cccc(Cl)c2CN2Cc3ccccc3C2=O)CC1. The van der Waals surface area contributed by atoms with Crippen molar-refractivity contribution in [3.63, 3.8) is 0 Å². The van der Waals surface area contributed by atoms with Crippen LogP contribution in [-0.4, -0.2) is 53.6 Å². The van der Waals surface area contributed by atoms with Gasteiger partial charge in [-0.3, -0.25) is 4.79 Å². The Morgan fingerprint density at radius 2 is 1.74 bits per heavy atom. The predicted octanol–water partition coefficient (Wildman–Crippen LogP) is 4.55. The van der Waals surface area contributed by atoms with Gasteiger partial charge in [-0.1, -0.05) is 35.9 Å². The number of rotatable bonds is 3. The Hall–Kier alpha value is -2.73. The number of piperazine rings is 1. The molecule has 0 atom stereocenters. The van der Waals surface area contributed by atoms with Crippen LogP contribution in [0.4, 0.5) is 10.5 Å². The normalized spacial score (nSPS) is 16.5. The first kappa shape index (κ1) is 21.5. The number of benzene rings is 2. The van der Waals surface area contributed by atoms with E-state index in [4.69, 9.17) is 16.3 Å². The minimum Gasteiger partial charge on any atom is -0.444 e. The van der Waals surface area contributed by atoms with Crippen molar-refractivity contribution in [2.45, 2.75) is 39.5 Å². The van der Waals surface area contributed by atoms with Crippen LogP contribution < -0.4 is 4.90 Å². The van der Waals surface area contributed by atoms with Crippen LogP contribution in [0.15, 0.2) is 42.5 Å². The molecule has 0 saturated carbocycles. The third-order valence-electron chi connectivity index (χ3n) is 5.61. The first-order chi connectivity index (χ1) is 14.7. The maximum Gasteiger partial charge on any atom is 0.410 e. The largest absolute Gasteiger partial charge is 0.444 e. The number of carbonyl (C=O) groups excluding carboxylic acids is 2. The standard InChI is InChI=1S/C24H28ClN3O3/c1-24(2,3)31-23(30)27-13-11-26(12-14-27)21-10-6-9-20(25)19(21)16-28-15-17-7-4-5-8-18(17)22(28)29/h4-10H,11-16H2,1-3H3. The molecule has 2 aliphatic heterocycles. The van der Waals surface area contributed by atoms with Gasteiger partial charge in [0.2, 0.25) is 0 Å². The van der Waals surface area contributed by atoms with E-state index in [2.05, 4.69) is 4.90 Å². The van der Waals surface area contributed by atoms with Gasteiger partial charge in [0.1, 0.15) is 5.60 Å². The Labute approximate surface area is 188 Å². The maximum absolute atomic E-state index is 12.8. The number of hydrogen-bond donors (Lipinski definition) is 0. The van der Waals surface area contributed by atoms with Crippen molar-refractivity contribution in [2.24, 2.45) is 0 Å². The highest BCUT2D eigenvalue weighted by Crippen LogP contribution is 2.32. The van der Waals surface area contributed by atoms with Crippen molar-refractivity contribution in [1.29, 1.82) is 0 Å². The zero-order chi connectivity index (χ0) is 22.2. The summed E-state index contributed by atoms with van der Waals surface area (Å²) in [7, 11) is 0. The topological polar surface area (TPSA) is 53.1 Å². The zero-order valence-electron chi connectivity index (χ0n) is 18.2. The lowest BCUT2D eigenvalue weighted by atomic mass is 10.1. The molecule has 2 aromatic rings. The van der Waals surface area contributed by atoms with E-state index in [1.807, 2.05) is 68.1 Å². The van der Waals surface area contributed by atoms with E-state index in [9.17, 15) is 9.59 Å². The molecular weight excluding hydrogens is 414 g/mol. The van der Waals surface area contributed by atoms with Crippen LogP contribution in [0, 0.1) is 0 Å². The minimum absolute atomic E-state index is 0.0382. The lowest BCUT2D eigenvalue weighted by Crippen LogP contribution is -2.50. The van der Waals surface area contributed by atoms with Gasteiger partial charge in [0.05, 0.1) is 0 Å². The summed E-state index contributed by atoms with van der Waals surface area (Å²) < 4.78 is 5.50. The van der Waals surface area contributed by atoms with E-state index >= 15 is 0 Å². The van der Waals surface area contributed by atoms with Crippen molar-refractivity contribution in [3.05, 3.63) is 64.2 Å². The number of nitrogens with zero attached hydrogens (tertiary/aromatic N) is 3. The van der Waals surface area contributed by atoms with E-state index < -0.39 is 5.60 Å². The average Bonchev–Trinajstić information content (AvgIpc) is 3.04. The molecule has 1 fully saturated rings. The molecule has 0 aromatic heterocycles. The predicted molar refractivity (Wildman–Crippen MR) is 121 cm³/mol. The molecule has 0 unspecified atom stereocenters. The van der Waals surface area contributed by atoms with Crippen molar-refractivity contribution < 1.29 is 14.3 Å². The molecule has 1 saturated heterocycles. The van der Waals surface area contributed by atoms with Crippen molar-refractivity contribution in [3.8, 4) is 0 Å². The molecular formula is C24H28ClN3O3. The fraction of sp³-hybridized carbons (Fsp3) is 0.417. The van der Waals surface area contributed by atoms with Gasteiger partial charge in [0.25, 0.3) is 5.91 Å². The Bertz CT molecular complexity index is 994. The molecule has 7 heteroatoms. The van der Waals surface area contributed by atoms with Crippen LogP contribution in [0.5, 0.6) is 0 Å². The average molecular weight is 442 g/mol. The number of carbonyl (C=O) groups is 2. The van der Waals surface area contributed by atoms with Gasteiger partial charge in [-0.25, -0.2) is 4.79 Å². The third-order valence-corrected chi connectivity index (χ3v) is 5.97. The highest BCUT2D eigenvalue weighted by atomic mass is 35.5. The summed E-state index contributed by atoms with van der Waals surface area (Å²) >= 11 is 6.59. The van der Waals surface area contributed by atoms with E-state index in [0.29, 0.717) is 44.3 Å². The third kappa shape index (κ3) is 4.64. The van der Waals surface area contributed by atoms with E-state index in [1.165, 1.54) is 0 Å². The molecule has 0 radical (unpaired) electrons. The molecule has 2 aliphatic rings. The van der Waals surface area contributed by atoms with Gasteiger partial charge in [-0.15, -0.1) is 0 Å². The second-order valence-electron chi connectivity index (χ2n) is 9.01. The molecule has 2 aromatic carbocycles. The molecule has 2 amide bonds. The molecule has 6 nitrogen and oxygen atoms in total. The van der Waals surface area contributed by atoms with Gasteiger partial charge in [-0.05, 0) is 44.5 Å². The summed E-state index contributed by atoms with van der Waals surface area (Å²) in [6.45, 7) is 9.18. The maximum atomic E-state index is 12.8. The van der Waals surface area contributed by atoms with Crippen molar-refractivity contribution in [1.82, 2.24) is 9.80 Å². The fourth-order valence-corrected chi connectivity index (χ4v) is 4.32. The van der Waals surface area contributed by atoms with Crippen LogP contribution in [-0.2, 0) is 17.8 Å². The molecule has 0 N–H and O–H groups in total. The van der Waals surface area contributed by atoms with Gasteiger partial charge in [0, 0.05) is 61.1 Å².